The lowest BCUT2D eigenvalue weighted by atomic mass is 10.00. The van der Waals surface area contributed by atoms with E-state index in [2.05, 4.69) is 34.2 Å². The summed E-state index contributed by atoms with van der Waals surface area (Å²) in [5.41, 5.74) is -1.94. The Bertz CT molecular complexity index is 1400. The van der Waals surface area contributed by atoms with E-state index in [0.29, 0.717) is 22.9 Å². The summed E-state index contributed by atoms with van der Waals surface area (Å²) in [6, 6.07) is 0. The maximum absolute atomic E-state index is 15.8. The zero-order chi connectivity index (χ0) is 30.2. The molecule has 2 heterocycles. The Balaban J connectivity index is 1.64. The Labute approximate surface area is 249 Å². The van der Waals surface area contributed by atoms with Crippen LogP contribution in [0.2, 0.25) is 0 Å². The first-order valence-corrected chi connectivity index (χ1v) is 16.2. The first-order valence-electron chi connectivity index (χ1n) is 14.6. The summed E-state index contributed by atoms with van der Waals surface area (Å²) in [6.45, 7) is 4.25. The Morgan fingerprint density at radius 1 is 0.429 bits per heavy atom. The van der Waals surface area contributed by atoms with Gasteiger partial charge in [-0.15, -0.1) is 20.4 Å². The Morgan fingerprint density at radius 3 is 1.19 bits per heavy atom. The van der Waals surface area contributed by atoms with E-state index in [1.165, 1.54) is 0 Å². The molecule has 4 rings (SSSR count). The molecule has 12 heteroatoms. The van der Waals surface area contributed by atoms with Gasteiger partial charge in [-0.3, -0.25) is 0 Å². The van der Waals surface area contributed by atoms with Crippen molar-refractivity contribution in [1.82, 2.24) is 20.4 Å². The van der Waals surface area contributed by atoms with Crippen LogP contribution in [-0.2, 0) is 12.8 Å². The summed E-state index contributed by atoms with van der Waals surface area (Å²) in [6.07, 6.45) is 13.4. The Kier molecular flexibility index (Phi) is 11.7. The lowest BCUT2D eigenvalue weighted by Gasteiger charge is -2.12. The van der Waals surface area contributed by atoms with E-state index in [1.807, 2.05) is 0 Å². The number of rotatable bonds is 16. The predicted octanol–water partition coefficient (Wildman–Crippen LogP) is 10.5. The molecule has 0 aliphatic rings. The van der Waals surface area contributed by atoms with Crippen LogP contribution in [0.5, 0.6) is 0 Å². The van der Waals surface area contributed by atoms with Crippen molar-refractivity contribution in [2.75, 3.05) is 0 Å². The van der Waals surface area contributed by atoms with E-state index in [-0.39, 0.29) is 10.0 Å². The van der Waals surface area contributed by atoms with Gasteiger partial charge in [0.15, 0.2) is 33.3 Å². The van der Waals surface area contributed by atoms with Crippen molar-refractivity contribution in [3.8, 4) is 21.1 Å². The van der Waals surface area contributed by atoms with Gasteiger partial charge >= 0.3 is 0 Å². The van der Waals surface area contributed by atoms with Gasteiger partial charge in [-0.1, -0.05) is 101 Å². The van der Waals surface area contributed by atoms with Crippen LogP contribution in [0.4, 0.5) is 26.3 Å². The van der Waals surface area contributed by atoms with E-state index < -0.39 is 56.8 Å². The Morgan fingerprint density at radius 2 is 0.786 bits per heavy atom. The first-order chi connectivity index (χ1) is 20.3. The molecular formula is C30H34F6N4S2. The zero-order valence-corrected chi connectivity index (χ0v) is 25.4. The third-order valence-corrected chi connectivity index (χ3v) is 9.24. The maximum atomic E-state index is 15.8. The van der Waals surface area contributed by atoms with Crippen LogP contribution in [0.25, 0.3) is 31.9 Å². The number of hydrogen-bond acceptors (Lipinski definition) is 6. The second kappa shape index (κ2) is 15.2. The van der Waals surface area contributed by atoms with Crippen LogP contribution < -0.4 is 0 Å². The molecule has 0 unspecified atom stereocenters. The van der Waals surface area contributed by atoms with E-state index in [1.54, 1.807) is 0 Å². The zero-order valence-electron chi connectivity index (χ0n) is 23.8. The average molecular weight is 629 g/mol. The van der Waals surface area contributed by atoms with Crippen LogP contribution in [-0.4, -0.2) is 20.4 Å². The molecule has 0 aliphatic carbocycles. The second-order valence-corrected chi connectivity index (χ2v) is 12.5. The molecule has 2 aromatic heterocycles. The highest BCUT2D eigenvalue weighted by molar-refractivity contribution is 7.15. The molecule has 0 saturated heterocycles. The summed E-state index contributed by atoms with van der Waals surface area (Å²) >= 11 is 1.70. The van der Waals surface area contributed by atoms with Crippen molar-refractivity contribution >= 4 is 33.4 Å². The summed E-state index contributed by atoms with van der Waals surface area (Å²) in [4.78, 5) is 0. The highest BCUT2D eigenvalue weighted by Gasteiger charge is 2.33. The second-order valence-electron chi connectivity index (χ2n) is 10.4. The largest absolute Gasteiger partial charge is 0.205 e. The molecule has 0 fully saturated rings. The summed E-state index contributed by atoms with van der Waals surface area (Å²) in [7, 11) is 0. The Hall–Kier alpha value is -2.60. The molecule has 0 N–H and O–H groups in total. The highest BCUT2D eigenvalue weighted by atomic mass is 32.1. The minimum Gasteiger partial charge on any atom is -0.205 e. The topological polar surface area (TPSA) is 51.6 Å². The predicted molar refractivity (Wildman–Crippen MR) is 156 cm³/mol. The van der Waals surface area contributed by atoms with Crippen LogP contribution in [0.3, 0.4) is 0 Å². The minimum atomic E-state index is -1.91. The monoisotopic (exact) mass is 628 g/mol. The van der Waals surface area contributed by atoms with Crippen molar-refractivity contribution in [3.05, 3.63) is 44.9 Å². The lowest BCUT2D eigenvalue weighted by molar-refractivity contribution is 0.482. The number of aryl methyl sites for hydroxylation is 2. The molecule has 42 heavy (non-hydrogen) atoms. The summed E-state index contributed by atoms with van der Waals surface area (Å²) < 4.78 is 91.9. The number of unbranched alkanes of at least 4 members (excludes halogenated alkanes) is 10. The van der Waals surface area contributed by atoms with Gasteiger partial charge in [0.25, 0.3) is 0 Å². The molecule has 0 radical (unpaired) electrons. The summed E-state index contributed by atoms with van der Waals surface area (Å²) in [5, 5.41) is 13.2. The van der Waals surface area contributed by atoms with E-state index >= 15 is 26.3 Å². The number of halogens is 6. The number of fused-ring (bicyclic) bond motifs is 1. The van der Waals surface area contributed by atoms with Crippen LogP contribution in [0.1, 0.15) is 101 Å². The van der Waals surface area contributed by atoms with Gasteiger partial charge in [0.05, 0.1) is 21.9 Å². The number of benzene rings is 2. The van der Waals surface area contributed by atoms with Crippen LogP contribution in [0, 0.1) is 34.9 Å². The van der Waals surface area contributed by atoms with Gasteiger partial charge in [0, 0.05) is 12.8 Å². The summed E-state index contributed by atoms with van der Waals surface area (Å²) in [5.74, 6) is -10.6. The quantitative estimate of drug-likeness (QED) is 0.0704. The van der Waals surface area contributed by atoms with Gasteiger partial charge in [-0.05, 0) is 12.8 Å². The maximum Gasteiger partial charge on any atom is 0.172 e. The van der Waals surface area contributed by atoms with Crippen molar-refractivity contribution in [2.45, 2.75) is 104 Å². The van der Waals surface area contributed by atoms with Gasteiger partial charge in [0.2, 0.25) is 0 Å². The van der Waals surface area contributed by atoms with Crippen molar-refractivity contribution < 1.29 is 26.3 Å². The molecular weight excluding hydrogens is 594 g/mol. The standard InChI is InChI=1S/C30H34F6N4S2/c1-3-5-7-9-11-13-15-17-37-39-29(41-17)21-23(31)19-20(25(33)27(21)35)26(34)28(36)22(24(19)32)30-40-38-18(42-30)16-14-12-10-8-6-4-2/h3-16H2,1-2H3. The van der Waals surface area contributed by atoms with E-state index in [9.17, 15) is 0 Å². The fraction of sp³-hybridized carbons (Fsp3) is 0.533. The van der Waals surface area contributed by atoms with Gasteiger partial charge in [0.1, 0.15) is 21.6 Å². The molecule has 0 atom stereocenters. The molecule has 0 spiro atoms. The minimum absolute atomic E-state index is 0.311. The molecule has 0 aliphatic heterocycles. The fourth-order valence-corrected chi connectivity index (χ4v) is 6.74. The van der Waals surface area contributed by atoms with Gasteiger partial charge in [-0.25, -0.2) is 26.3 Å². The van der Waals surface area contributed by atoms with Crippen LogP contribution >= 0.6 is 22.7 Å². The molecule has 0 amide bonds. The van der Waals surface area contributed by atoms with Gasteiger partial charge < -0.3 is 0 Å². The van der Waals surface area contributed by atoms with E-state index in [4.69, 9.17) is 0 Å². The molecule has 4 nitrogen and oxygen atoms in total. The number of hydrogen-bond donors (Lipinski definition) is 0. The average Bonchev–Trinajstić information content (AvgIpc) is 3.63. The third kappa shape index (κ3) is 7.12. The molecule has 0 bridgehead atoms. The molecule has 228 valence electrons. The van der Waals surface area contributed by atoms with Crippen LogP contribution in [0.15, 0.2) is 0 Å². The first kappa shape index (κ1) is 32.3. The van der Waals surface area contributed by atoms with Gasteiger partial charge in [-0.2, -0.15) is 0 Å². The third-order valence-electron chi connectivity index (χ3n) is 7.24. The SMILES string of the molecule is CCCCCCCCc1nnc(-c2c(F)c(F)c3c(F)c(F)c(-c4nnc(CCCCCCCC)s4)c(F)c3c2F)s1. The van der Waals surface area contributed by atoms with E-state index in [0.717, 1.165) is 99.7 Å². The number of aromatic nitrogens is 4. The lowest BCUT2D eigenvalue weighted by Crippen LogP contribution is -2.05. The smallest absolute Gasteiger partial charge is 0.172 e. The van der Waals surface area contributed by atoms with Crippen molar-refractivity contribution in [1.29, 1.82) is 0 Å². The number of nitrogens with zero attached hydrogens (tertiary/aromatic N) is 4. The molecule has 4 aromatic rings. The van der Waals surface area contributed by atoms with Crippen molar-refractivity contribution in [2.24, 2.45) is 0 Å². The highest BCUT2D eigenvalue weighted by Crippen LogP contribution is 2.42. The fourth-order valence-electron chi connectivity index (χ4n) is 4.91. The molecule has 0 saturated carbocycles. The molecule has 2 aromatic carbocycles. The van der Waals surface area contributed by atoms with Crippen molar-refractivity contribution in [3.63, 3.8) is 0 Å². The normalized spacial score (nSPS) is 11.7.